The lowest BCUT2D eigenvalue weighted by atomic mass is 10.1. The van der Waals surface area contributed by atoms with Gasteiger partial charge in [0.25, 0.3) is 0 Å². The molecule has 0 unspecified atom stereocenters. The third kappa shape index (κ3) is 11.5. The van der Waals surface area contributed by atoms with Gasteiger partial charge in [0.1, 0.15) is 23.0 Å². The minimum absolute atomic E-state index is 0.809. The number of benzene rings is 1. The molecule has 0 fully saturated rings. The monoisotopic (exact) mass is 676 g/mol. The molecule has 0 amide bonds. The number of pyridine rings is 4. The topological polar surface area (TPSA) is 95.0 Å². The Labute approximate surface area is 296 Å². The highest BCUT2D eigenvalue weighted by Gasteiger charge is 2.13. The molecule has 1 aromatic carbocycles. The Morgan fingerprint density at radius 3 is 1.00 bits per heavy atom. The first-order valence-corrected chi connectivity index (χ1v) is 17.0. The third-order valence-electron chi connectivity index (χ3n) is 8.64. The first-order chi connectivity index (χ1) is 24.5. The second kappa shape index (κ2) is 19.2. The maximum absolute atomic E-state index is 5.44. The summed E-state index contributed by atoms with van der Waals surface area (Å²) in [6, 6.07) is 24.5. The van der Waals surface area contributed by atoms with Crippen LogP contribution in [0.25, 0.3) is 0 Å². The highest BCUT2D eigenvalue weighted by molar-refractivity contribution is 5.27. The maximum Gasteiger partial charge on any atom is 0.122 e. The van der Waals surface area contributed by atoms with Crippen LogP contribution < -0.4 is 18.9 Å². The van der Waals surface area contributed by atoms with Crippen LogP contribution in [0.5, 0.6) is 23.0 Å². The number of aromatic nitrogens is 4. The van der Waals surface area contributed by atoms with Gasteiger partial charge in [0.2, 0.25) is 0 Å². The molecule has 50 heavy (non-hydrogen) atoms. The van der Waals surface area contributed by atoms with Crippen molar-refractivity contribution < 1.29 is 18.9 Å². The highest BCUT2D eigenvalue weighted by Crippen LogP contribution is 2.18. The molecule has 0 bridgehead atoms. The summed E-state index contributed by atoms with van der Waals surface area (Å²) >= 11 is 0. The molecular weight excluding hydrogens is 628 g/mol. The Morgan fingerprint density at radius 2 is 0.720 bits per heavy atom. The first kappa shape index (κ1) is 36.2. The number of nitrogens with zero attached hydrogens (tertiary/aromatic N) is 6. The largest absolute Gasteiger partial charge is 0.497 e. The van der Waals surface area contributed by atoms with Crippen LogP contribution in [0, 0.1) is 0 Å². The van der Waals surface area contributed by atoms with Gasteiger partial charge in [0, 0.05) is 137 Å². The fourth-order valence-electron chi connectivity index (χ4n) is 5.85. The summed E-state index contributed by atoms with van der Waals surface area (Å²) in [5.74, 6) is 3.29. The van der Waals surface area contributed by atoms with Gasteiger partial charge in [-0.2, -0.15) is 0 Å². The van der Waals surface area contributed by atoms with Crippen molar-refractivity contribution in [3.63, 3.8) is 0 Å². The molecule has 0 aliphatic rings. The maximum atomic E-state index is 5.44. The molecule has 5 aromatic rings. The summed E-state index contributed by atoms with van der Waals surface area (Å²) in [5, 5.41) is 0. The molecule has 10 nitrogen and oxygen atoms in total. The second-order valence-electron chi connectivity index (χ2n) is 12.1. The van der Waals surface area contributed by atoms with E-state index in [-0.39, 0.29) is 0 Å². The number of rotatable bonds is 20. The number of methoxy groups -OCH3 is 4. The van der Waals surface area contributed by atoms with Gasteiger partial charge in [-0.25, -0.2) is 0 Å². The molecule has 0 saturated heterocycles. The summed E-state index contributed by atoms with van der Waals surface area (Å²) in [5.41, 5.74) is 6.57. The predicted molar refractivity (Wildman–Crippen MR) is 195 cm³/mol. The van der Waals surface area contributed by atoms with E-state index < -0.39 is 0 Å². The van der Waals surface area contributed by atoms with Gasteiger partial charge in [0.15, 0.2) is 0 Å². The molecule has 4 heterocycles. The van der Waals surface area contributed by atoms with Crippen LogP contribution in [-0.2, 0) is 38.8 Å². The van der Waals surface area contributed by atoms with Gasteiger partial charge in [-0.3, -0.25) is 29.7 Å². The van der Waals surface area contributed by atoms with Crippen LogP contribution in [0.15, 0.2) is 97.6 Å². The minimum atomic E-state index is 0.809. The van der Waals surface area contributed by atoms with Gasteiger partial charge in [-0.1, -0.05) is 24.3 Å². The molecule has 0 spiro atoms. The Kier molecular flexibility index (Phi) is 13.9. The molecule has 10 heteroatoms. The van der Waals surface area contributed by atoms with Gasteiger partial charge in [-0.05, 0) is 35.4 Å². The van der Waals surface area contributed by atoms with Gasteiger partial charge >= 0.3 is 0 Å². The van der Waals surface area contributed by atoms with Crippen LogP contribution in [0.4, 0.5) is 0 Å². The first-order valence-electron chi connectivity index (χ1n) is 17.0. The third-order valence-corrected chi connectivity index (χ3v) is 8.64. The van der Waals surface area contributed by atoms with Crippen molar-refractivity contribution in [3.05, 3.63) is 131 Å². The molecule has 5 rings (SSSR count). The van der Waals surface area contributed by atoms with Crippen molar-refractivity contribution in [2.75, 3.05) is 54.6 Å². The van der Waals surface area contributed by atoms with Gasteiger partial charge in [-0.15, -0.1) is 0 Å². The van der Waals surface area contributed by atoms with Crippen molar-refractivity contribution in [3.8, 4) is 23.0 Å². The average molecular weight is 677 g/mol. The van der Waals surface area contributed by atoms with E-state index in [2.05, 4.69) is 54.0 Å². The van der Waals surface area contributed by atoms with E-state index in [0.717, 1.165) is 111 Å². The van der Waals surface area contributed by atoms with Crippen molar-refractivity contribution in [2.45, 2.75) is 38.8 Å². The van der Waals surface area contributed by atoms with Crippen LogP contribution in [0.2, 0.25) is 0 Å². The fraction of sp³-hybridized carbons (Fsp3) is 0.350. The summed E-state index contributed by atoms with van der Waals surface area (Å²) in [6.07, 6.45) is 10.5. The SMILES string of the molecule is COc1ccnc(CCN(CCc2cc(OC)ccn2)Cc2cccc(CN(CCc3cc(OC)ccn3)CCc3cc(OC)ccn3)c2)c1. The van der Waals surface area contributed by atoms with Crippen molar-refractivity contribution >= 4 is 0 Å². The lowest BCUT2D eigenvalue weighted by Crippen LogP contribution is -2.29. The van der Waals surface area contributed by atoms with E-state index in [1.807, 2.05) is 73.3 Å². The van der Waals surface area contributed by atoms with E-state index in [9.17, 15) is 0 Å². The van der Waals surface area contributed by atoms with E-state index in [0.29, 0.717) is 0 Å². The van der Waals surface area contributed by atoms with E-state index in [1.54, 1.807) is 28.4 Å². The van der Waals surface area contributed by atoms with Crippen molar-refractivity contribution in [1.82, 2.24) is 29.7 Å². The van der Waals surface area contributed by atoms with Gasteiger partial charge < -0.3 is 18.9 Å². The summed E-state index contributed by atoms with van der Waals surface area (Å²) in [6.45, 7) is 5.01. The minimum Gasteiger partial charge on any atom is -0.497 e. The van der Waals surface area contributed by atoms with Crippen LogP contribution in [0.3, 0.4) is 0 Å². The molecule has 262 valence electrons. The molecule has 0 aliphatic heterocycles. The highest BCUT2D eigenvalue weighted by atomic mass is 16.5. The molecule has 0 atom stereocenters. The van der Waals surface area contributed by atoms with Crippen LogP contribution in [-0.4, -0.2) is 84.4 Å². The summed E-state index contributed by atoms with van der Waals surface area (Å²) in [4.78, 5) is 23.3. The predicted octanol–water partition coefficient (Wildman–Crippen LogP) is 5.88. The fourth-order valence-corrected chi connectivity index (χ4v) is 5.85. The molecule has 0 radical (unpaired) electrons. The quantitative estimate of drug-likeness (QED) is 0.0996. The molecule has 0 aliphatic carbocycles. The zero-order chi connectivity index (χ0) is 35.0. The Bertz CT molecular complexity index is 1540. The second-order valence-corrected chi connectivity index (χ2v) is 12.1. The van der Waals surface area contributed by atoms with Crippen molar-refractivity contribution in [1.29, 1.82) is 0 Å². The number of ether oxygens (including phenoxy) is 4. The zero-order valence-electron chi connectivity index (χ0n) is 29.6. The zero-order valence-corrected chi connectivity index (χ0v) is 29.6. The van der Waals surface area contributed by atoms with Gasteiger partial charge in [0.05, 0.1) is 28.4 Å². The molecule has 0 saturated carbocycles. The number of hydrogen-bond acceptors (Lipinski definition) is 10. The average Bonchev–Trinajstić information content (AvgIpc) is 3.17. The van der Waals surface area contributed by atoms with E-state index in [4.69, 9.17) is 18.9 Å². The normalized spacial score (nSPS) is 11.2. The molecule has 0 N–H and O–H groups in total. The molecule has 4 aromatic heterocycles. The van der Waals surface area contributed by atoms with Crippen molar-refractivity contribution in [2.24, 2.45) is 0 Å². The van der Waals surface area contributed by atoms with E-state index in [1.165, 1.54) is 11.1 Å². The molecular formula is C40H48N6O4. The standard InChI is InChI=1S/C40H48N6O4/c1-47-37-8-16-41-33(25-37)12-20-45(21-13-34-26-38(48-2)9-17-42-34)29-31-6-5-7-32(24-31)30-46(22-14-35-27-39(49-3)10-18-43-35)23-15-36-28-40(50-4)11-19-44-36/h5-11,16-19,24-28H,12-15,20-23,29-30H2,1-4H3. The van der Waals surface area contributed by atoms with Crippen LogP contribution >= 0.6 is 0 Å². The Hall–Kier alpha value is -5.06. The lowest BCUT2D eigenvalue weighted by molar-refractivity contribution is 0.266. The van der Waals surface area contributed by atoms with E-state index >= 15 is 0 Å². The Morgan fingerprint density at radius 1 is 0.420 bits per heavy atom. The lowest BCUT2D eigenvalue weighted by Gasteiger charge is -2.24. The Balaban J connectivity index is 1.29. The smallest absolute Gasteiger partial charge is 0.122 e. The summed E-state index contributed by atoms with van der Waals surface area (Å²) in [7, 11) is 6.75. The number of hydrogen-bond donors (Lipinski definition) is 0. The summed E-state index contributed by atoms with van der Waals surface area (Å²) < 4.78 is 21.8. The van der Waals surface area contributed by atoms with Crippen LogP contribution in [0.1, 0.15) is 33.9 Å².